The number of aromatic nitrogens is 3. The van der Waals surface area contributed by atoms with Gasteiger partial charge >= 0.3 is 0 Å². The minimum atomic E-state index is 0.471. The molecule has 2 heterocycles. The van der Waals surface area contributed by atoms with Gasteiger partial charge in [0.15, 0.2) is 5.65 Å². The minimum Gasteiger partial charge on any atom is -0.350 e. The standard InChI is InChI=1S/C13H20N4/c1-4-6-11(5-2)14-13-15-12-9-10(3)7-8-17(12)16-13/h7-9,11H,4-6H2,1-3H3,(H,14,16). The third-order valence-electron chi connectivity index (χ3n) is 2.96. The highest BCUT2D eigenvalue weighted by molar-refractivity contribution is 5.45. The van der Waals surface area contributed by atoms with Crippen LogP contribution in [0.3, 0.4) is 0 Å². The van der Waals surface area contributed by atoms with Gasteiger partial charge in [0.2, 0.25) is 5.95 Å². The Labute approximate surface area is 102 Å². The van der Waals surface area contributed by atoms with Crippen LogP contribution in [-0.2, 0) is 0 Å². The fourth-order valence-corrected chi connectivity index (χ4v) is 1.95. The van der Waals surface area contributed by atoms with E-state index in [-0.39, 0.29) is 0 Å². The number of anilines is 1. The number of hydrogen-bond donors (Lipinski definition) is 1. The van der Waals surface area contributed by atoms with Crippen LogP contribution in [0.1, 0.15) is 38.7 Å². The first-order valence-corrected chi connectivity index (χ1v) is 6.32. The number of hydrogen-bond acceptors (Lipinski definition) is 3. The van der Waals surface area contributed by atoms with Crippen molar-refractivity contribution in [1.82, 2.24) is 14.6 Å². The molecular weight excluding hydrogens is 212 g/mol. The second-order valence-electron chi connectivity index (χ2n) is 4.48. The van der Waals surface area contributed by atoms with Crippen LogP contribution in [-0.4, -0.2) is 20.6 Å². The van der Waals surface area contributed by atoms with Crippen molar-refractivity contribution in [2.45, 2.75) is 46.1 Å². The Balaban J connectivity index is 2.18. The van der Waals surface area contributed by atoms with Crippen molar-refractivity contribution in [3.63, 3.8) is 0 Å². The summed E-state index contributed by atoms with van der Waals surface area (Å²) in [4.78, 5) is 4.48. The maximum Gasteiger partial charge on any atom is 0.243 e. The fourth-order valence-electron chi connectivity index (χ4n) is 1.95. The zero-order valence-corrected chi connectivity index (χ0v) is 10.8. The molecule has 0 amide bonds. The molecule has 4 heteroatoms. The first kappa shape index (κ1) is 11.9. The molecule has 0 aliphatic heterocycles. The van der Waals surface area contributed by atoms with Gasteiger partial charge in [0.25, 0.3) is 0 Å². The summed E-state index contributed by atoms with van der Waals surface area (Å²) in [5.74, 6) is 0.732. The molecule has 0 bridgehead atoms. The van der Waals surface area contributed by atoms with E-state index in [1.807, 2.05) is 22.8 Å². The summed E-state index contributed by atoms with van der Waals surface area (Å²) in [6.45, 7) is 6.45. The van der Waals surface area contributed by atoms with E-state index in [9.17, 15) is 0 Å². The summed E-state index contributed by atoms with van der Waals surface area (Å²) < 4.78 is 1.81. The Morgan fingerprint density at radius 1 is 1.41 bits per heavy atom. The van der Waals surface area contributed by atoms with Crippen molar-refractivity contribution in [1.29, 1.82) is 0 Å². The number of pyridine rings is 1. The van der Waals surface area contributed by atoms with Crippen LogP contribution in [0.5, 0.6) is 0 Å². The predicted octanol–water partition coefficient (Wildman–Crippen LogP) is 3.03. The van der Waals surface area contributed by atoms with Crippen LogP contribution in [0.25, 0.3) is 5.65 Å². The Kier molecular flexibility index (Phi) is 3.61. The molecule has 0 spiro atoms. The number of nitrogens with zero attached hydrogens (tertiary/aromatic N) is 3. The van der Waals surface area contributed by atoms with Gasteiger partial charge < -0.3 is 5.32 Å². The van der Waals surface area contributed by atoms with Crippen molar-refractivity contribution in [2.24, 2.45) is 0 Å². The Morgan fingerprint density at radius 3 is 2.94 bits per heavy atom. The highest BCUT2D eigenvalue weighted by Gasteiger charge is 2.08. The normalized spacial score (nSPS) is 12.9. The van der Waals surface area contributed by atoms with Crippen molar-refractivity contribution in [2.75, 3.05) is 5.32 Å². The van der Waals surface area contributed by atoms with Gasteiger partial charge in [-0.1, -0.05) is 20.3 Å². The molecule has 0 fully saturated rings. The highest BCUT2D eigenvalue weighted by atomic mass is 15.3. The number of rotatable bonds is 5. The van der Waals surface area contributed by atoms with Gasteiger partial charge in [-0.15, -0.1) is 5.10 Å². The van der Waals surface area contributed by atoms with Crippen molar-refractivity contribution in [3.8, 4) is 0 Å². The zero-order chi connectivity index (χ0) is 12.3. The average Bonchev–Trinajstić information content (AvgIpc) is 2.69. The van der Waals surface area contributed by atoms with Crippen LogP contribution in [0, 0.1) is 6.92 Å². The van der Waals surface area contributed by atoms with Crippen LogP contribution >= 0.6 is 0 Å². The molecule has 1 N–H and O–H groups in total. The molecule has 0 aromatic carbocycles. The second kappa shape index (κ2) is 5.17. The quantitative estimate of drug-likeness (QED) is 0.861. The van der Waals surface area contributed by atoms with Gasteiger partial charge in [-0.05, 0) is 37.5 Å². The molecule has 0 saturated heterocycles. The molecule has 0 radical (unpaired) electrons. The van der Waals surface area contributed by atoms with E-state index in [1.54, 1.807) is 0 Å². The van der Waals surface area contributed by atoms with Crippen molar-refractivity contribution in [3.05, 3.63) is 23.9 Å². The summed E-state index contributed by atoms with van der Waals surface area (Å²) in [6, 6.07) is 4.55. The van der Waals surface area contributed by atoms with Gasteiger partial charge in [-0.2, -0.15) is 4.98 Å². The van der Waals surface area contributed by atoms with Gasteiger partial charge in [0.05, 0.1) is 0 Å². The molecular formula is C13H20N4. The van der Waals surface area contributed by atoms with Gasteiger partial charge in [-0.25, -0.2) is 4.52 Å². The first-order chi connectivity index (χ1) is 8.22. The van der Waals surface area contributed by atoms with Crippen molar-refractivity contribution >= 4 is 11.6 Å². The van der Waals surface area contributed by atoms with E-state index < -0.39 is 0 Å². The lowest BCUT2D eigenvalue weighted by molar-refractivity contribution is 0.617. The Bertz CT molecular complexity index is 489. The molecule has 1 unspecified atom stereocenters. The van der Waals surface area contributed by atoms with Crippen LogP contribution in [0.4, 0.5) is 5.95 Å². The Morgan fingerprint density at radius 2 is 2.24 bits per heavy atom. The smallest absolute Gasteiger partial charge is 0.243 e. The lowest BCUT2D eigenvalue weighted by Gasteiger charge is -2.13. The largest absolute Gasteiger partial charge is 0.350 e. The van der Waals surface area contributed by atoms with Crippen LogP contribution in [0.2, 0.25) is 0 Å². The average molecular weight is 232 g/mol. The monoisotopic (exact) mass is 232 g/mol. The van der Waals surface area contributed by atoms with E-state index in [0.717, 1.165) is 24.4 Å². The summed E-state index contributed by atoms with van der Waals surface area (Å²) in [5.41, 5.74) is 2.11. The number of nitrogens with one attached hydrogen (secondary N) is 1. The minimum absolute atomic E-state index is 0.471. The number of fused-ring (bicyclic) bond motifs is 1. The fraction of sp³-hybridized carbons (Fsp3) is 0.538. The molecule has 17 heavy (non-hydrogen) atoms. The maximum absolute atomic E-state index is 4.48. The SMILES string of the molecule is CCCC(CC)Nc1nc2cc(C)ccn2n1. The van der Waals surface area contributed by atoms with E-state index >= 15 is 0 Å². The van der Waals surface area contributed by atoms with E-state index in [2.05, 4.69) is 36.2 Å². The molecule has 4 nitrogen and oxygen atoms in total. The van der Waals surface area contributed by atoms with Gasteiger partial charge in [-0.3, -0.25) is 0 Å². The molecule has 0 aliphatic rings. The second-order valence-corrected chi connectivity index (χ2v) is 4.48. The maximum atomic E-state index is 4.48. The third kappa shape index (κ3) is 2.75. The molecule has 0 aliphatic carbocycles. The van der Waals surface area contributed by atoms with Crippen molar-refractivity contribution < 1.29 is 0 Å². The summed E-state index contributed by atoms with van der Waals surface area (Å²) in [5, 5.41) is 7.81. The summed E-state index contributed by atoms with van der Waals surface area (Å²) in [6.07, 6.45) is 5.38. The first-order valence-electron chi connectivity index (χ1n) is 6.32. The topological polar surface area (TPSA) is 42.2 Å². The molecule has 0 saturated carbocycles. The zero-order valence-electron chi connectivity index (χ0n) is 10.8. The van der Waals surface area contributed by atoms with Gasteiger partial charge in [0, 0.05) is 12.2 Å². The molecule has 92 valence electrons. The van der Waals surface area contributed by atoms with E-state index in [4.69, 9.17) is 0 Å². The van der Waals surface area contributed by atoms with E-state index in [0.29, 0.717) is 6.04 Å². The van der Waals surface area contributed by atoms with E-state index in [1.165, 1.54) is 12.0 Å². The van der Waals surface area contributed by atoms with Crippen LogP contribution < -0.4 is 5.32 Å². The lowest BCUT2D eigenvalue weighted by Crippen LogP contribution is -2.18. The molecule has 2 rings (SSSR count). The van der Waals surface area contributed by atoms with Gasteiger partial charge in [0.1, 0.15) is 0 Å². The third-order valence-corrected chi connectivity index (χ3v) is 2.96. The number of aryl methyl sites for hydroxylation is 1. The van der Waals surface area contributed by atoms with Crippen LogP contribution in [0.15, 0.2) is 18.3 Å². The summed E-state index contributed by atoms with van der Waals surface area (Å²) in [7, 11) is 0. The summed E-state index contributed by atoms with van der Waals surface area (Å²) >= 11 is 0. The Hall–Kier alpha value is -1.58. The molecule has 1 atom stereocenters. The lowest BCUT2D eigenvalue weighted by atomic mass is 10.1. The molecule has 2 aromatic rings. The molecule has 2 aromatic heterocycles. The highest BCUT2D eigenvalue weighted by Crippen LogP contribution is 2.11. The predicted molar refractivity (Wildman–Crippen MR) is 70.3 cm³/mol.